The van der Waals surface area contributed by atoms with E-state index in [-0.39, 0.29) is 18.8 Å². The monoisotopic (exact) mass is 362 g/mol. The van der Waals surface area contributed by atoms with Crippen molar-refractivity contribution >= 4 is 34.9 Å². The molecule has 2 rings (SSSR count). The summed E-state index contributed by atoms with van der Waals surface area (Å²) < 4.78 is 4.90. The molecule has 8 heteroatoms. The van der Waals surface area contributed by atoms with E-state index in [2.05, 4.69) is 0 Å². The van der Waals surface area contributed by atoms with Gasteiger partial charge in [-0.3, -0.25) is 24.6 Å². The zero-order valence-corrected chi connectivity index (χ0v) is 14.1. The highest BCUT2D eigenvalue weighted by atomic mass is 35.5. The van der Waals surface area contributed by atoms with Crippen molar-refractivity contribution in [2.75, 3.05) is 18.1 Å². The number of nitrogens with zero attached hydrogens (tertiary/aromatic N) is 2. The maximum absolute atomic E-state index is 12.8. The van der Waals surface area contributed by atoms with Gasteiger partial charge in [0.15, 0.2) is 0 Å². The molecule has 2 aromatic carbocycles. The fourth-order valence-electron chi connectivity index (χ4n) is 2.12. The van der Waals surface area contributed by atoms with Gasteiger partial charge in [-0.05, 0) is 43.3 Å². The Morgan fingerprint density at radius 3 is 2.24 bits per heavy atom. The summed E-state index contributed by atoms with van der Waals surface area (Å²) in [5.41, 5.74) is 0.560. The predicted molar refractivity (Wildman–Crippen MR) is 92.9 cm³/mol. The second-order valence-electron chi connectivity index (χ2n) is 4.98. The Labute approximate surface area is 148 Å². The Hall–Kier alpha value is -2.93. The number of nitro groups is 1. The van der Waals surface area contributed by atoms with Crippen LogP contribution in [0.15, 0.2) is 48.5 Å². The van der Waals surface area contributed by atoms with E-state index >= 15 is 0 Å². The summed E-state index contributed by atoms with van der Waals surface area (Å²) in [4.78, 5) is 36.0. The molecule has 0 atom stereocenters. The third kappa shape index (κ3) is 4.77. The molecule has 2 aromatic rings. The van der Waals surface area contributed by atoms with Crippen LogP contribution in [0.3, 0.4) is 0 Å². The van der Waals surface area contributed by atoms with Crippen LogP contribution < -0.4 is 4.90 Å². The van der Waals surface area contributed by atoms with Gasteiger partial charge in [-0.2, -0.15) is 0 Å². The van der Waals surface area contributed by atoms with Crippen LogP contribution in [0.1, 0.15) is 17.3 Å². The lowest BCUT2D eigenvalue weighted by molar-refractivity contribution is -0.384. The molecule has 0 N–H and O–H groups in total. The van der Waals surface area contributed by atoms with Crippen LogP contribution >= 0.6 is 11.6 Å². The summed E-state index contributed by atoms with van der Waals surface area (Å²) >= 11 is 5.82. The van der Waals surface area contributed by atoms with E-state index in [1.54, 1.807) is 19.1 Å². The highest BCUT2D eigenvalue weighted by Crippen LogP contribution is 2.22. The summed E-state index contributed by atoms with van der Waals surface area (Å²) in [6.07, 6.45) is 0. The number of carbonyl (C=O) groups is 2. The van der Waals surface area contributed by atoms with Crippen LogP contribution in [-0.2, 0) is 9.53 Å². The van der Waals surface area contributed by atoms with Crippen LogP contribution in [0.4, 0.5) is 11.4 Å². The molecular formula is C17H15ClN2O5. The van der Waals surface area contributed by atoms with Crippen LogP contribution in [0, 0.1) is 10.1 Å². The number of anilines is 1. The normalized spacial score (nSPS) is 10.2. The summed E-state index contributed by atoms with van der Waals surface area (Å²) in [5.74, 6) is -1.03. The number of halogens is 1. The number of ether oxygens (including phenoxy) is 1. The summed E-state index contributed by atoms with van der Waals surface area (Å²) in [6, 6.07) is 11.5. The first-order valence-electron chi connectivity index (χ1n) is 7.40. The van der Waals surface area contributed by atoms with Gasteiger partial charge in [0.05, 0.1) is 11.5 Å². The van der Waals surface area contributed by atoms with Gasteiger partial charge >= 0.3 is 5.97 Å². The molecule has 130 valence electrons. The highest BCUT2D eigenvalue weighted by molar-refractivity contribution is 6.30. The van der Waals surface area contributed by atoms with Crippen molar-refractivity contribution in [1.29, 1.82) is 0 Å². The molecule has 0 aliphatic rings. The number of hydrogen-bond donors (Lipinski definition) is 0. The van der Waals surface area contributed by atoms with E-state index in [1.807, 2.05) is 0 Å². The Kier molecular flexibility index (Phi) is 6.08. The maximum Gasteiger partial charge on any atom is 0.326 e. The van der Waals surface area contributed by atoms with Crippen molar-refractivity contribution in [3.8, 4) is 0 Å². The number of esters is 1. The second kappa shape index (κ2) is 8.25. The highest BCUT2D eigenvalue weighted by Gasteiger charge is 2.22. The van der Waals surface area contributed by atoms with Gasteiger partial charge in [0, 0.05) is 28.4 Å². The van der Waals surface area contributed by atoms with Crippen LogP contribution in [0.25, 0.3) is 0 Å². The van der Waals surface area contributed by atoms with E-state index in [9.17, 15) is 19.7 Å². The zero-order chi connectivity index (χ0) is 18.4. The van der Waals surface area contributed by atoms with E-state index in [0.29, 0.717) is 16.3 Å². The number of hydrogen-bond acceptors (Lipinski definition) is 5. The summed E-state index contributed by atoms with van der Waals surface area (Å²) in [7, 11) is 0. The van der Waals surface area contributed by atoms with Gasteiger partial charge < -0.3 is 4.74 Å². The molecule has 0 bridgehead atoms. The van der Waals surface area contributed by atoms with E-state index in [0.717, 1.165) is 0 Å². The van der Waals surface area contributed by atoms with Crippen molar-refractivity contribution in [3.63, 3.8) is 0 Å². The molecule has 0 heterocycles. The predicted octanol–water partition coefficient (Wildman–Crippen LogP) is 3.46. The average molecular weight is 363 g/mol. The minimum atomic E-state index is -0.580. The molecule has 0 aliphatic carbocycles. The molecule has 0 fully saturated rings. The summed E-state index contributed by atoms with van der Waals surface area (Å²) in [6.45, 7) is 1.53. The lowest BCUT2D eigenvalue weighted by Crippen LogP contribution is -2.36. The SMILES string of the molecule is CCOC(=O)CN(C(=O)c1ccc(Cl)cc1)c1ccc([N+](=O)[O-])cc1. The van der Waals surface area contributed by atoms with Crippen LogP contribution in [0.2, 0.25) is 5.02 Å². The topological polar surface area (TPSA) is 89.8 Å². The van der Waals surface area contributed by atoms with Crippen molar-refractivity contribution in [1.82, 2.24) is 0 Å². The number of non-ortho nitro benzene ring substituents is 1. The Morgan fingerprint density at radius 1 is 1.12 bits per heavy atom. The standard InChI is InChI=1S/C17H15ClN2O5/c1-2-25-16(21)11-19(14-7-9-15(10-8-14)20(23)24)17(22)12-3-5-13(18)6-4-12/h3-10H,2,11H2,1H3. The first-order chi connectivity index (χ1) is 11.9. The molecule has 0 radical (unpaired) electrons. The molecule has 1 amide bonds. The Morgan fingerprint density at radius 2 is 1.72 bits per heavy atom. The first-order valence-corrected chi connectivity index (χ1v) is 7.77. The molecular weight excluding hydrogens is 348 g/mol. The molecule has 0 aromatic heterocycles. The summed E-state index contributed by atoms with van der Waals surface area (Å²) in [5, 5.41) is 11.2. The fraction of sp³-hybridized carbons (Fsp3) is 0.176. The van der Waals surface area contributed by atoms with Crippen molar-refractivity contribution in [2.24, 2.45) is 0 Å². The van der Waals surface area contributed by atoms with E-state index < -0.39 is 16.8 Å². The first kappa shape index (κ1) is 18.4. The van der Waals surface area contributed by atoms with Crippen molar-refractivity contribution in [3.05, 3.63) is 69.2 Å². The van der Waals surface area contributed by atoms with Gasteiger partial charge in [-0.1, -0.05) is 11.6 Å². The largest absolute Gasteiger partial charge is 0.465 e. The minimum absolute atomic E-state index is 0.112. The fourth-order valence-corrected chi connectivity index (χ4v) is 2.24. The molecule has 0 aliphatic heterocycles. The molecule has 0 saturated heterocycles. The smallest absolute Gasteiger partial charge is 0.326 e. The van der Waals surface area contributed by atoms with Gasteiger partial charge in [-0.15, -0.1) is 0 Å². The van der Waals surface area contributed by atoms with E-state index in [1.165, 1.54) is 41.3 Å². The maximum atomic E-state index is 12.8. The Bertz CT molecular complexity index is 775. The number of amides is 1. The van der Waals surface area contributed by atoms with Gasteiger partial charge in [-0.25, -0.2) is 0 Å². The Balaban J connectivity index is 2.34. The van der Waals surface area contributed by atoms with Crippen molar-refractivity contribution in [2.45, 2.75) is 6.92 Å². The van der Waals surface area contributed by atoms with Crippen molar-refractivity contribution < 1.29 is 19.2 Å². The lowest BCUT2D eigenvalue weighted by Gasteiger charge is -2.22. The van der Waals surface area contributed by atoms with Gasteiger partial charge in [0.25, 0.3) is 11.6 Å². The quantitative estimate of drug-likeness (QED) is 0.446. The zero-order valence-electron chi connectivity index (χ0n) is 13.3. The second-order valence-corrected chi connectivity index (χ2v) is 5.41. The molecule has 0 spiro atoms. The van der Waals surface area contributed by atoms with Crippen LogP contribution in [-0.4, -0.2) is 30.0 Å². The van der Waals surface area contributed by atoms with Gasteiger partial charge in [0.2, 0.25) is 0 Å². The molecule has 0 unspecified atom stereocenters. The molecule has 7 nitrogen and oxygen atoms in total. The number of rotatable bonds is 6. The van der Waals surface area contributed by atoms with Gasteiger partial charge in [0.1, 0.15) is 6.54 Å². The molecule has 0 saturated carbocycles. The molecule has 25 heavy (non-hydrogen) atoms. The third-order valence-electron chi connectivity index (χ3n) is 3.30. The number of benzene rings is 2. The average Bonchev–Trinajstić information content (AvgIpc) is 2.60. The van der Waals surface area contributed by atoms with E-state index in [4.69, 9.17) is 16.3 Å². The number of carbonyl (C=O) groups excluding carboxylic acids is 2. The number of nitro benzene ring substituents is 1. The minimum Gasteiger partial charge on any atom is -0.465 e. The third-order valence-corrected chi connectivity index (χ3v) is 3.55. The lowest BCUT2D eigenvalue weighted by atomic mass is 10.1. The van der Waals surface area contributed by atoms with Crippen LogP contribution in [0.5, 0.6) is 0 Å².